The molecule has 6 aromatic heterocycles. The average molecular weight is 558 g/mol. The van der Waals surface area contributed by atoms with Crippen LogP contribution in [-0.2, 0) is 6.18 Å². The van der Waals surface area contributed by atoms with Gasteiger partial charge in [0.2, 0.25) is 0 Å². The maximum absolute atomic E-state index is 14.4. The van der Waals surface area contributed by atoms with E-state index in [1.54, 1.807) is 10.6 Å². The molecule has 13 nitrogen and oxygen atoms in total. The lowest BCUT2D eigenvalue weighted by molar-refractivity contribution is -0.143. The van der Waals surface area contributed by atoms with Crippen molar-refractivity contribution in [2.75, 3.05) is 5.32 Å². The maximum atomic E-state index is 14.4. The highest BCUT2D eigenvalue weighted by atomic mass is 19.4. The second-order valence-corrected chi connectivity index (χ2v) is 8.81. The SMILES string of the molecule is Cc1ccc(C)n1-c1nc2cccc(-n3ncc(C(=O)Nc4cnc(-n5nccn5)c(C#N)c4)c3C(F)(F)F)n2n1. The van der Waals surface area contributed by atoms with E-state index < -0.39 is 23.3 Å². The van der Waals surface area contributed by atoms with Crippen LogP contribution < -0.4 is 5.32 Å². The minimum absolute atomic E-state index is 0.00688. The van der Waals surface area contributed by atoms with Crippen molar-refractivity contribution >= 4 is 17.2 Å². The number of pyridine rings is 2. The molecule has 0 bridgehead atoms. The van der Waals surface area contributed by atoms with Crippen molar-refractivity contribution < 1.29 is 18.0 Å². The monoisotopic (exact) mass is 558 g/mol. The van der Waals surface area contributed by atoms with E-state index in [2.05, 4.69) is 35.7 Å². The first-order valence-corrected chi connectivity index (χ1v) is 11.9. The molecule has 1 amide bonds. The van der Waals surface area contributed by atoms with Gasteiger partial charge in [-0.25, -0.2) is 9.67 Å². The fourth-order valence-electron chi connectivity index (χ4n) is 4.37. The molecule has 0 aromatic carbocycles. The van der Waals surface area contributed by atoms with Crippen molar-refractivity contribution in [1.29, 1.82) is 5.26 Å². The predicted octanol–water partition coefficient (Wildman–Crippen LogP) is 3.44. The fraction of sp³-hybridized carbons (Fsp3) is 0.120. The van der Waals surface area contributed by atoms with Crippen LogP contribution in [0.2, 0.25) is 0 Å². The van der Waals surface area contributed by atoms with Crippen LogP contribution in [0.4, 0.5) is 18.9 Å². The topological polar surface area (TPSA) is 149 Å². The molecule has 6 rings (SSSR count). The van der Waals surface area contributed by atoms with Crippen LogP contribution >= 0.6 is 0 Å². The van der Waals surface area contributed by atoms with Crippen LogP contribution in [0.15, 0.2) is 61.2 Å². The third-order valence-corrected chi connectivity index (χ3v) is 6.15. The summed E-state index contributed by atoms with van der Waals surface area (Å²) in [4.78, 5) is 22.7. The fourth-order valence-corrected chi connectivity index (χ4v) is 4.37. The number of rotatable bonds is 5. The van der Waals surface area contributed by atoms with Gasteiger partial charge in [0.25, 0.3) is 11.9 Å². The van der Waals surface area contributed by atoms with Gasteiger partial charge in [0.05, 0.1) is 36.0 Å². The number of fused-ring (bicyclic) bond motifs is 1. The largest absolute Gasteiger partial charge is 0.434 e. The first-order valence-electron chi connectivity index (χ1n) is 11.9. The highest BCUT2D eigenvalue weighted by Crippen LogP contribution is 2.34. The number of amides is 1. The lowest BCUT2D eigenvalue weighted by Crippen LogP contribution is -2.22. The number of carbonyl (C=O) groups is 1. The summed E-state index contributed by atoms with van der Waals surface area (Å²) in [6.45, 7) is 3.72. The number of halogens is 3. The van der Waals surface area contributed by atoms with E-state index in [1.165, 1.54) is 41.3 Å². The zero-order chi connectivity index (χ0) is 28.9. The van der Waals surface area contributed by atoms with E-state index in [-0.39, 0.29) is 34.5 Å². The molecule has 0 aliphatic heterocycles. The van der Waals surface area contributed by atoms with Crippen LogP contribution in [0.3, 0.4) is 0 Å². The number of nitrogens with zero attached hydrogens (tertiary/aromatic N) is 11. The van der Waals surface area contributed by atoms with Gasteiger partial charge in [-0.15, -0.1) is 9.90 Å². The second-order valence-electron chi connectivity index (χ2n) is 8.81. The van der Waals surface area contributed by atoms with E-state index >= 15 is 0 Å². The number of carbonyl (C=O) groups excluding carboxylic acids is 1. The Kier molecular flexibility index (Phi) is 5.84. The Labute approximate surface area is 228 Å². The molecule has 0 aliphatic carbocycles. The molecule has 16 heteroatoms. The summed E-state index contributed by atoms with van der Waals surface area (Å²) in [5.41, 5.74) is -0.117. The molecular formula is C25H17F3N12O. The van der Waals surface area contributed by atoms with Crippen LogP contribution in [0.1, 0.15) is 33.0 Å². The number of alkyl halides is 3. The summed E-state index contributed by atoms with van der Waals surface area (Å²) in [6.07, 6.45) is -0.210. The molecular weight excluding hydrogens is 541 g/mol. The highest BCUT2D eigenvalue weighted by Gasteiger charge is 2.41. The average Bonchev–Trinajstić information content (AvgIpc) is 3.74. The van der Waals surface area contributed by atoms with E-state index in [1.807, 2.05) is 32.0 Å². The zero-order valence-electron chi connectivity index (χ0n) is 21.2. The van der Waals surface area contributed by atoms with Gasteiger partial charge in [-0.2, -0.15) is 43.2 Å². The molecule has 41 heavy (non-hydrogen) atoms. The van der Waals surface area contributed by atoms with E-state index in [0.717, 1.165) is 22.4 Å². The second kappa shape index (κ2) is 9.41. The third kappa shape index (κ3) is 4.34. The van der Waals surface area contributed by atoms with Crippen LogP contribution in [0.5, 0.6) is 0 Å². The minimum atomic E-state index is -4.98. The number of hydrogen-bond acceptors (Lipinski definition) is 8. The molecule has 0 atom stereocenters. The highest BCUT2D eigenvalue weighted by molar-refractivity contribution is 6.05. The van der Waals surface area contributed by atoms with E-state index in [0.29, 0.717) is 4.68 Å². The van der Waals surface area contributed by atoms with Crippen molar-refractivity contribution in [2.24, 2.45) is 0 Å². The molecule has 0 fully saturated rings. The van der Waals surface area contributed by atoms with E-state index in [4.69, 9.17) is 0 Å². The first-order chi connectivity index (χ1) is 19.7. The standard InChI is InChI=1S/C25H17F3N12O/c1-14-6-7-15(2)37(14)24-35-19-4-3-5-20(38(19)36-24)39-21(25(26,27)28)18(13-33-39)23(41)34-17-10-16(11-29)22(30-12-17)40-31-8-9-32-40/h3-10,12-13H,1-2H3,(H,34,41). The summed E-state index contributed by atoms with van der Waals surface area (Å²) < 4.78 is 46.9. The Morgan fingerprint density at radius 2 is 1.76 bits per heavy atom. The van der Waals surface area contributed by atoms with Gasteiger partial charge in [-0.05, 0) is 44.2 Å². The van der Waals surface area contributed by atoms with Gasteiger partial charge < -0.3 is 5.32 Å². The summed E-state index contributed by atoms with van der Waals surface area (Å²) in [5, 5.41) is 28.0. The molecule has 0 radical (unpaired) electrons. The Bertz CT molecular complexity index is 1960. The van der Waals surface area contributed by atoms with Crippen molar-refractivity contribution in [3.63, 3.8) is 0 Å². The van der Waals surface area contributed by atoms with Crippen LogP contribution in [0.25, 0.3) is 23.2 Å². The number of aryl methyl sites for hydroxylation is 2. The van der Waals surface area contributed by atoms with Gasteiger partial charge in [0, 0.05) is 11.4 Å². The lowest BCUT2D eigenvalue weighted by Gasteiger charge is -2.13. The predicted molar refractivity (Wildman–Crippen MR) is 136 cm³/mol. The van der Waals surface area contributed by atoms with Gasteiger partial charge >= 0.3 is 6.18 Å². The Morgan fingerprint density at radius 1 is 1.02 bits per heavy atom. The van der Waals surface area contributed by atoms with Crippen molar-refractivity contribution in [3.8, 4) is 23.7 Å². The van der Waals surface area contributed by atoms with Gasteiger partial charge in [-0.3, -0.25) is 9.36 Å². The first kappa shape index (κ1) is 25.4. The number of nitrogens with one attached hydrogen (secondary N) is 1. The zero-order valence-corrected chi connectivity index (χ0v) is 21.2. The molecule has 0 saturated carbocycles. The molecule has 0 saturated heterocycles. The van der Waals surface area contributed by atoms with Crippen molar-refractivity contribution in [1.82, 2.24) is 48.9 Å². The Hall–Kier alpha value is -5.85. The maximum Gasteiger partial charge on any atom is 0.434 e. The summed E-state index contributed by atoms with van der Waals surface area (Å²) >= 11 is 0. The molecule has 6 heterocycles. The lowest BCUT2D eigenvalue weighted by atomic mass is 10.2. The summed E-state index contributed by atoms with van der Waals surface area (Å²) in [7, 11) is 0. The number of hydrogen-bond donors (Lipinski definition) is 1. The molecule has 6 aromatic rings. The van der Waals surface area contributed by atoms with Crippen LogP contribution in [0, 0.1) is 25.2 Å². The van der Waals surface area contributed by atoms with Gasteiger partial charge in [-0.1, -0.05) is 6.07 Å². The van der Waals surface area contributed by atoms with Crippen molar-refractivity contribution in [3.05, 3.63) is 89.4 Å². The summed E-state index contributed by atoms with van der Waals surface area (Å²) in [6, 6.07) is 11.4. The number of aromatic nitrogens is 10. The molecule has 0 aliphatic rings. The molecule has 204 valence electrons. The third-order valence-electron chi connectivity index (χ3n) is 6.15. The van der Waals surface area contributed by atoms with Gasteiger partial charge in [0.1, 0.15) is 11.6 Å². The smallest absolute Gasteiger partial charge is 0.320 e. The van der Waals surface area contributed by atoms with Crippen molar-refractivity contribution in [2.45, 2.75) is 20.0 Å². The Morgan fingerprint density at radius 3 is 2.44 bits per heavy atom. The Balaban J connectivity index is 1.40. The summed E-state index contributed by atoms with van der Waals surface area (Å²) in [5.74, 6) is -0.834. The number of anilines is 1. The normalized spacial score (nSPS) is 11.6. The van der Waals surface area contributed by atoms with E-state index in [9.17, 15) is 23.2 Å². The molecule has 0 unspecified atom stereocenters. The van der Waals surface area contributed by atoms with Crippen LogP contribution in [-0.4, -0.2) is 54.8 Å². The van der Waals surface area contributed by atoms with Gasteiger partial charge in [0.15, 0.2) is 23.0 Å². The number of nitriles is 1. The minimum Gasteiger partial charge on any atom is -0.320 e. The quantitative estimate of drug-likeness (QED) is 0.338. The molecule has 0 spiro atoms. The molecule has 1 N–H and O–H groups in total.